The van der Waals surface area contributed by atoms with Crippen LogP contribution in [-0.2, 0) is 9.53 Å². The van der Waals surface area contributed by atoms with Gasteiger partial charge in [-0.2, -0.15) is 0 Å². The van der Waals surface area contributed by atoms with E-state index < -0.39 is 6.04 Å². The summed E-state index contributed by atoms with van der Waals surface area (Å²) in [6, 6.07) is 6.56. The van der Waals surface area contributed by atoms with Crippen molar-refractivity contribution in [3.8, 4) is 0 Å². The van der Waals surface area contributed by atoms with Crippen LogP contribution in [0, 0.1) is 0 Å². The van der Waals surface area contributed by atoms with Crippen molar-refractivity contribution in [2.75, 3.05) is 19.0 Å². The highest BCUT2D eigenvalue weighted by atomic mass is 35.5. The van der Waals surface area contributed by atoms with Crippen LogP contribution < -0.4 is 11.1 Å². The summed E-state index contributed by atoms with van der Waals surface area (Å²) in [7, 11) is 1.62. The number of pyridine rings is 1. The molecule has 21 heavy (non-hydrogen) atoms. The van der Waals surface area contributed by atoms with E-state index in [1.54, 1.807) is 31.5 Å². The Bertz CT molecular complexity index is 633. The molecule has 1 aromatic carbocycles. The minimum Gasteiger partial charge on any atom is -0.385 e. The highest BCUT2D eigenvalue weighted by Gasteiger charge is 2.15. The zero-order valence-corrected chi connectivity index (χ0v) is 12.6. The van der Waals surface area contributed by atoms with Gasteiger partial charge in [-0.15, -0.1) is 0 Å². The second-order valence-electron chi connectivity index (χ2n) is 4.73. The molecule has 1 aromatic heterocycles. The first-order valence-corrected chi connectivity index (χ1v) is 7.10. The number of carbonyl (C=O) groups excluding carboxylic acids is 1. The Morgan fingerprint density at radius 1 is 1.48 bits per heavy atom. The van der Waals surface area contributed by atoms with E-state index in [9.17, 15) is 4.79 Å². The number of benzene rings is 1. The van der Waals surface area contributed by atoms with Crippen molar-refractivity contribution in [3.05, 3.63) is 35.5 Å². The van der Waals surface area contributed by atoms with Crippen molar-refractivity contribution >= 4 is 34.1 Å². The van der Waals surface area contributed by atoms with Gasteiger partial charge in [0.25, 0.3) is 0 Å². The summed E-state index contributed by atoms with van der Waals surface area (Å²) in [4.78, 5) is 16.3. The number of amides is 1. The Morgan fingerprint density at radius 2 is 2.29 bits per heavy atom. The van der Waals surface area contributed by atoms with Crippen LogP contribution in [0.3, 0.4) is 0 Å². The molecule has 5 nitrogen and oxygen atoms in total. The Morgan fingerprint density at radius 3 is 3.05 bits per heavy atom. The third-order valence-corrected chi connectivity index (χ3v) is 3.48. The molecule has 0 saturated heterocycles. The number of hydrogen-bond acceptors (Lipinski definition) is 4. The smallest absolute Gasteiger partial charge is 0.241 e. The number of nitrogens with two attached hydrogens (primary N) is 1. The van der Waals surface area contributed by atoms with Crippen LogP contribution in [0.4, 0.5) is 5.69 Å². The Balaban J connectivity index is 2.13. The third-order valence-electron chi connectivity index (χ3n) is 3.18. The quantitative estimate of drug-likeness (QED) is 0.804. The molecule has 1 heterocycles. The Kier molecular flexibility index (Phi) is 5.50. The number of hydrogen-bond donors (Lipinski definition) is 2. The highest BCUT2D eigenvalue weighted by molar-refractivity contribution is 6.35. The molecule has 2 rings (SSSR count). The van der Waals surface area contributed by atoms with Crippen molar-refractivity contribution in [1.82, 2.24) is 4.98 Å². The predicted molar refractivity (Wildman–Crippen MR) is 84.5 cm³/mol. The molecular weight excluding hydrogens is 290 g/mol. The Labute approximate surface area is 128 Å². The molecule has 0 spiro atoms. The topological polar surface area (TPSA) is 77.2 Å². The van der Waals surface area contributed by atoms with Crippen LogP contribution >= 0.6 is 11.6 Å². The first-order chi connectivity index (χ1) is 10.1. The molecule has 0 aliphatic rings. The maximum absolute atomic E-state index is 12.1. The SMILES string of the molecule is COCCCC(N)C(=O)Nc1ccc(Cl)c2ncccc12. The molecule has 0 saturated carbocycles. The fourth-order valence-electron chi connectivity index (χ4n) is 2.05. The summed E-state index contributed by atoms with van der Waals surface area (Å²) in [5.41, 5.74) is 7.19. The van der Waals surface area contributed by atoms with Crippen molar-refractivity contribution in [1.29, 1.82) is 0 Å². The minimum absolute atomic E-state index is 0.224. The first kappa shape index (κ1) is 15.7. The molecule has 1 atom stereocenters. The van der Waals surface area contributed by atoms with E-state index >= 15 is 0 Å². The molecule has 1 unspecified atom stereocenters. The normalized spacial score (nSPS) is 12.3. The number of nitrogens with one attached hydrogen (secondary N) is 1. The second kappa shape index (κ2) is 7.36. The number of carbonyl (C=O) groups is 1. The van der Waals surface area contributed by atoms with Crippen molar-refractivity contribution in [2.45, 2.75) is 18.9 Å². The zero-order valence-electron chi connectivity index (χ0n) is 11.8. The fourth-order valence-corrected chi connectivity index (χ4v) is 2.26. The van der Waals surface area contributed by atoms with E-state index in [1.165, 1.54) is 0 Å². The summed E-state index contributed by atoms with van der Waals surface area (Å²) in [5.74, 6) is -0.224. The summed E-state index contributed by atoms with van der Waals surface area (Å²) in [6.07, 6.45) is 2.98. The highest BCUT2D eigenvalue weighted by Crippen LogP contribution is 2.28. The van der Waals surface area contributed by atoms with Gasteiger partial charge in [-0.3, -0.25) is 9.78 Å². The largest absolute Gasteiger partial charge is 0.385 e. The van der Waals surface area contributed by atoms with E-state index in [-0.39, 0.29) is 5.91 Å². The van der Waals surface area contributed by atoms with Gasteiger partial charge in [-0.1, -0.05) is 11.6 Å². The zero-order chi connectivity index (χ0) is 15.2. The van der Waals surface area contributed by atoms with Gasteiger partial charge in [0.2, 0.25) is 5.91 Å². The molecule has 3 N–H and O–H groups in total. The number of halogens is 1. The fraction of sp³-hybridized carbons (Fsp3) is 0.333. The van der Waals surface area contributed by atoms with Crippen LogP contribution in [0.2, 0.25) is 5.02 Å². The van der Waals surface area contributed by atoms with Crippen LogP contribution in [0.1, 0.15) is 12.8 Å². The third kappa shape index (κ3) is 3.91. The van der Waals surface area contributed by atoms with Crippen LogP contribution in [-0.4, -0.2) is 30.6 Å². The standard InChI is InChI=1S/C15H18ClN3O2/c1-21-9-3-5-12(17)15(20)19-13-7-6-11(16)14-10(13)4-2-8-18-14/h2,4,6-8,12H,3,5,9,17H2,1H3,(H,19,20). The molecule has 2 aromatic rings. The van der Waals surface area contributed by atoms with E-state index in [4.69, 9.17) is 22.1 Å². The molecule has 112 valence electrons. The van der Waals surface area contributed by atoms with E-state index in [0.717, 1.165) is 11.8 Å². The molecule has 0 radical (unpaired) electrons. The lowest BCUT2D eigenvalue weighted by Crippen LogP contribution is -2.35. The van der Waals surface area contributed by atoms with E-state index in [0.29, 0.717) is 29.3 Å². The number of methoxy groups -OCH3 is 1. The molecule has 1 amide bonds. The average Bonchev–Trinajstić information content (AvgIpc) is 2.50. The van der Waals surface area contributed by atoms with Gasteiger partial charge < -0.3 is 15.8 Å². The summed E-state index contributed by atoms with van der Waals surface area (Å²) in [6.45, 7) is 0.592. The number of anilines is 1. The lowest BCUT2D eigenvalue weighted by atomic mass is 10.1. The summed E-state index contributed by atoms with van der Waals surface area (Å²) >= 11 is 6.10. The monoisotopic (exact) mass is 307 g/mol. The number of aromatic nitrogens is 1. The number of ether oxygens (including phenoxy) is 1. The van der Waals surface area contributed by atoms with Crippen molar-refractivity contribution < 1.29 is 9.53 Å². The van der Waals surface area contributed by atoms with Crippen molar-refractivity contribution in [3.63, 3.8) is 0 Å². The maximum Gasteiger partial charge on any atom is 0.241 e. The van der Waals surface area contributed by atoms with Crippen LogP contribution in [0.5, 0.6) is 0 Å². The van der Waals surface area contributed by atoms with Gasteiger partial charge in [0.05, 0.1) is 22.3 Å². The van der Waals surface area contributed by atoms with E-state index in [2.05, 4.69) is 10.3 Å². The predicted octanol–water partition coefficient (Wildman–Crippen LogP) is 2.58. The van der Waals surface area contributed by atoms with Gasteiger partial charge in [0.15, 0.2) is 0 Å². The van der Waals surface area contributed by atoms with Gasteiger partial charge in [0, 0.05) is 25.3 Å². The molecule has 6 heteroatoms. The van der Waals surface area contributed by atoms with Crippen molar-refractivity contribution in [2.24, 2.45) is 5.73 Å². The minimum atomic E-state index is -0.567. The summed E-state index contributed by atoms with van der Waals surface area (Å²) in [5, 5.41) is 4.18. The number of fused-ring (bicyclic) bond motifs is 1. The van der Waals surface area contributed by atoms with Gasteiger partial charge in [-0.05, 0) is 37.1 Å². The summed E-state index contributed by atoms with van der Waals surface area (Å²) < 4.78 is 4.95. The van der Waals surface area contributed by atoms with Crippen LogP contribution in [0.15, 0.2) is 30.5 Å². The van der Waals surface area contributed by atoms with Gasteiger partial charge in [-0.25, -0.2) is 0 Å². The lowest BCUT2D eigenvalue weighted by molar-refractivity contribution is -0.117. The van der Waals surface area contributed by atoms with Crippen LogP contribution in [0.25, 0.3) is 10.9 Å². The molecular formula is C15H18ClN3O2. The molecule has 0 bridgehead atoms. The maximum atomic E-state index is 12.1. The average molecular weight is 308 g/mol. The lowest BCUT2D eigenvalue weighted by Gasteiger charge is -2.13. The van der Waals surface area contributed by atoms with Gasteiger partial charge in [0.1, 0.15) is 0 Å². The molecule has 0 fully saturated rings. The number of nitrogens with zero attached hydrogens (tertiary/aromatic N) is 1. The first-order valence-electron chi connectivity index (χ1n) is 6.72. The van der Waals surface area contributed by atoms with E-state index in [1.807, 2.05) is 6.07 Å². The number of rotatable bonds is 6. The Hall–Kier alpha value is -1.69. The molecule has 0 aliphatic heterocycles. The second-order valence-corrected chi connectivity index (χ2v) is 5.13. The molecule has 0 aliphatic carbocycles. The van der Waals surface area contributed by atoms with Gasteiger partial charge >= 0.3 is 0 Å².